The largest absolute Gasteiger partial charge is 0.468 e. The van der Waals surface area contributed by atoms with E-state index in [2.05, 4.69) is 10.0 Å². The highest BCUT2D eigenvalue weighted by Crippen LogP contribution is 2.22. The summed E-state index contributed by atoms with van der Waals surface area (Å²) in [6.45, 7) is 3.98. The maximum Gasteiger partial charge on any atom is 0.255 e. The van der Waals surface area contributed by atoms with E-state index in [0.717, 1.165) is 23.2 Å². The normalized spacial score (nSPS) is 11.4. The zero-order chi connectivity index (χ0) is 20.1. The molecule has 3 rings (SSSR count). The van der Waals surface area contributed by atoms with Gasteiger partial charge in [0.05, 0.1) is 17.7 Å². The van der Waals surface area contributed by atoms with Gasteiger partial charge in [0.15, 0.2) is 0 Å². The van der Waals surface area contributed by atoms with E-state index in [4.69, 9.17) is 4.42 Å². The highest BCUT2D eigenvalue weighted by atomic mass is 32.2. The molecule has 2 aromatic carbocycles. The molecule has 0 bridgehead atoms. The number of furan rings is 1. The molecule has 0 aliphatic rings. The van der Waals surface area contributed by atoms with Crippen LogP contribution in [0.2, 0.25) is 0 Å². The van der Waals surface area contributed by atoms with Gasteiger partial charge in [-0.05, 0) is 54.8 Å². The van der Waals surface area contributed by atoms with Gasteiger partial charge in [-0.2, -0.15) is 0 Å². The first-order chi connectivity index (χ1) is 13.4. The van der Waals surface area contributed by atoms with E-state index in [1.165, 1.54) is 18.4 Å². The number of nitrogens with one attached hydrogen (secondary N) is 2. The maximum atomic E-state index is 12.7. The summed E-state index contributed by atoms with van der Waals surface area (Å²) in [6.07, 6.45) is 2.26. The predicted octanol–water partition coefficient (Wildman–Crippen LogP) is 3.88. The van der Waals surface area contributed by atoms with E-state index >= 15 is 0 Å². The van der Waals surface area contributed by atoms with Gasteiger partial charge in [-0.1, -0.05) is 31.2 Å². The molecule has 2 N–H and O–H groups in total. The minimum atomic E-state index is -3.78. The van der Waals surface area contributed by atoms with E-state index in [1.807, 2.05) is 32.0 Å². The Labute approximate surface area is 164 Å². The number of hydrogen-bond donors (Lipinski definition) is 2. The third-order valence-electron chi connectivity index (χ3n) is 4.40. The topological polar surface area (TPSA) is 88.4 Å². The van der Waals surface area contributed by atoms with Crippen molar-refractivity contribution in [2.45, 2.75) is 31.7 Å². The molecule has 0 saturated carbocycles. The first-order valence-corrected chi connectivity index (χ1v) is 10.4. The number of aryl methyl sites for hydroxylation is 2. The zero-order valence-electron chi connectivity index (χ0n) is 15.7. The van der Waals surface area contributed by atoms with E-state index < -0.39 is 10.0 Å². The van der Waals surface area contributed by atoms with Crippen LogP contribution in [0.15, 0.2) is 70.2 Å². The highest BCUT2D eigenvalue weighted by Gasteiger charge is 2.17. The van der Waals surface area contributed by atoms with Crippen LogP contribution in [0.4, 0.5) is 5.69 Å². The highest BCUT2D eigenvalue weighted by molar-refractivity contribution is 7.89. The van der Waals surface area contributed by atoms with Crippen LogP contribution < -0.4 is 10.0 Å². The fourth-order valence-corrected chi connectivity index (χ4v) is 3.89. The molecule has 6 nitrogen and oxygen atoms in total. The van der Waals surface area contributed by atoms with Crippen LogP contribution in [0.25, 0.3) is 0 Å². The fraction of sp³-hybridized carbons (Fsp3) is 0.190. The Balaban J connectivity index is 1.80. The minimum absolute atomic E-state index is 0.0206. The fourth-order valence-electron chi connectivity index (χ4n) is 2.85. The quantitative estimate of drug-likeness (QED) is 0.632. The molecule has 0 atom stereocenters. The second kappa shape index (κ2) is 8.41. The van der Waals surface area contributed by atoms with E-state index in [-0.39, 0.29) is 22.9 Å². The Morgan fingerprint density at radius 3 is 2.57 bits per heavy atom. The van der Waals surface area contributed by atoms with Gasteiger partial charge >= 0.3 is 0 Å². The molecule has 0 saturated heterocycles. The van der Waals surface area contributed by atoms with Crippen molar-refractivity contribution in [1.29, 1.82) is 0 Å². The first kappa shape index (κ1) is 19.9. The number of benzene rings is 2. The number of sulfonamides is 1. The Kier molecular flexibility index (Phi) is 5.96. The summed E-state index contributed by atoms with van der Waals surface area (Å²) in [4.78, 5) is 12.7. The molecular formula is C21H22N2O4S. The van der Waals surface area contributed by atoms with Crippen LogP contribution in [-0.4, -0.2) is 14.3 Å². The molecule has 0 fully saturated rings. The third-order valence-corrected chi connectivity index (χ3v) is 5.80. The molecule has 146 valence electrons. The minimum Gasteiger partial charge on any atom is -0.468 e. The summed E-state index contributed by atoms with van der Waals surface area (Å²) in [5, 5.41) is 2.91. The number of para-hydroxylation sites is 1. The molecule has 1 aromatic heterocycles. The van der Waals surface area contributed by atoms with Crippen LogP contribution in [-0.2, 0) is 23.0 Å². The van der Waals surface area contributed by atoms with Crippen LogP contribution in [0.1, 0.15) is 34.2 Å². The number of carbonyl (C=O) groups excluding carboxylic acids is 1. The second-order valence-corrected chi connectivity index (χ2v) is 8.12. The van der Waals surface area contributed by atoms with Crippen LogP contribution in [0.5, 0.6) is 0 Å². The predicted molar refractivity (Wildman–Crippen MR) is 108 cm³/mol. The Morgan fingerprint density at radius 2 is 1.86 bits per heavy atom. The van der Waals surface area contributed by atoms with Crippen molar-refractivity contribution < 1.29 is 17.6 Å². The van der Waals surface area contributed by atoms with E-state index in [9.17, 15) is 13.2 Å². The smallest absolute Gasteiger partial charge is 0.255 e. The molecule has 1 heterocycles. The number of carbonyl (C=O) groups is 1. The Bertz CT molecular complexity index is 1070. The van der Waals surface area contributed by atoms with Gasteiger partial charge < -0.3 is 9.73 Å². The van der Waals surface area contributed by atoms with E-state index in [0.29, 0.717) is 5.76 Å². The van der Waals surface area contributed by atoms with Crippen molar-refractivity contribution >= 4 is 21.6 Å². The summed E-state index contributed by atoms with van der Waals surface area (Å²) in [7, 11) is -3.78. The second-order valence-electron chi connectivity index (χ2n) is 6.35. The van der Waals surface area contributed by atoms with Gasteiger partial charge in [0.2, 0.25) is 10.0 Å². The van der Waals surface area contributed by atoms with Gasteiger partial charge in [0.1, 0.15) is 5.76 Å². The van der Waals surface area contributed by atoms with Crippen molar-refractivity contribution in [3.8, 4) is 0 Å². The Morgan fingerprint density at radius 1 is 1.07 bits per heavy atom. The first-order valence-electron chi connectivity index (χ1n) is 8.92. The number of rotatable bonds is 7. The molecule has 0 spiro atoms. The van der Waals surface area contributed by atoms with Crippen LogP contribution in [0, 0.1) is 6.92 Å². The van der Waals surface area contributed by atoms with Crippen molar-refractivity contribution in [3.05, 3.63) is 83.3 Å². The lowest BCUT2D eigenvalue weighted by Crippen LogP contribution is -2.23. The average molecular weight is 398 g/mol. The van der Waals surface area contributed by atoms with Crippen molar-refractivity contribution in [2.75, 3.05) is 5.32 Å². The van der Waals surface area contributed by atoms with Crippen molar-refractivity contribution in [2.24, 2.45) is 0 Å². The van der Waals surface area contributed by atoms with Crippen LogP contribution in [0.3, 0.4) is 0 Å². The summed E-state index contributed by atoms with van der Waals surface area (Å²) in [5.74, 6) is 0.149. The molecular weight excluding hydrogens is 376 g/mol. The Hall–Kier alpha value is -2.90. The van der Waals surface area contributed by atoms with E-state index in [1.54, 1.807) is 24.3 Å². The van der Waals surface area contributed by atoms with Gasteiger partial charge in [-0.3, -0.25) is 4.79 Å². The number of amides is 1. The average Bonchev–Trinajstić information content (AvgIpc) is 3.22. The lowest BCUT2D eigenvalue weighted by atomic mass is 10.1. The molecule has 3 aromatic rings. The summed E-state index contributed by atoms with van der Waals surface area (Å²) in [6, 6.07) is 15.2. The van der Waals surface area contributed by atoms with Gasteiger partial charge in [-0.25, -0.2) is 13.1 Å². The number of hydrogen-bond acceptors (Lipinski definition) is 4. The van der Waals surface area contributed by atoms with Crippen molar-refractivity contribution in [1.82, 2.24) is 4.72 Å². The molecule has 0 radical (unpaired) electrons. The summed E-state index contributed by atoms with van der Waals surface area (Å²) in [5.41, 5.74) is 3.01. The molecule has 7 heteroatoms. The molecule has 0 unspecified atom stereocenters. The maximum absolute atomic E-state index is 12.7. The molecule has 0 aliphatic carbocycles. The molecule has 1 amide bonds. The van der Waals surface area contributed by atoms with Gasteiger partial charge in [-0.15, -0.1) is 0 Å². The SMILES string of the molecule is CCc1cccc(C)c1NC(=O)c1cccc(S(=O)(=O)NCc2ccco2)c1. The van der Waals surface area contributed by atoms with Gasteiger partial charge in [0.25, 0.3) is 5.91 Å². The van der Waals surface area contributed by atoms with Gasteiger partial charge in [0, 0.05) is 11.3 Å². The zero-order valence-corrected chi connectivity index (χ0v) is 16.5. The summed E-state index contributed by atoms with van der Waals surface area (Å²) >= 11 is 0. The van der Waals surface area contributed by atoms with Crippen LogP contribution >= 0.6 is 0 Å². The third kappa shape index (κ3) is 4.49. The lowest BCUT2D eigenvalue weighted by Gasteiger charge is -2.13. The monoisotopic (exact) mass is 398 g/mol. The summed E-state index contributed by atoms with van der Waals surface area (Å²) < 4.78 is 32.7. The number of anilines is 1. The molecule has 28 heavy (non-hydrogen) atoms. The lowest BCUT2D eigenvalue weighted by molar-refractivity contribution is 0.102. The van der Waals surface area contributed by atoms with Crippen molar-refractivity contribution in [3.63, 3.8) is 0 Å². The standard InChI is InChI=1S/C21H22N2O4S/c1-3-16-8-4-7-15(2)20(16)23-21(24)17-9-5-11-19(13-17)28(25,26)22-14-18-10-6-12-27-18/h4-13,22H,3,14H2,1-2H3,(H,23,24). The molecule has 0 aliphatic heterocycles.